The molecule has 1 aromatic heterocycles. The number of aromatic nitrogens is 3. The molecule has 1 amide bonds. The van der Waals surface area contributed by atoms with Crippen molar-refractivity contribution in [3.05, 3.63) is 95.3 Å². The molecule has 34 heavy (non-hydrogen) atoms. The third kappa shape index (κ3) is 6.03. The maximum absolute atomic E-state index is 13.0. The van der Waals surface area contributed by atoms with Crippen LogP contribution in [-0.4, -0.2) is 25.9 Å². The second-order valence-corrected chi connectivity index (χ2v) is 10.3. The maximum Gasteiger partial charge on any atom is 0.238 e. The SMILES string of the molecule is CCC(Sc1nnc(CSc2ccc(C)cc2)n1-c1ccccc1)C(=O)Nc1ccccc1Cl. The lowest BCUT2D eigenvalue weighted by Gasteiger charge is -2.16. The summed E-state index contributed by atoms with van der Waals surface area (Å²) in [6, 6.07) is 25.7. The van der Waals surface area contributed by atoms with Crippen LogP contribution in [0.15, 0.2) is 88.9 Å². The molecule has 0 fully saturated rings. The minimum Gasteiger partial charge on any atom is -0.324 e. The normalized spacial score (nSPS) is 11.9. The summed E-state index contributed by atoms with van der Waals surface area (Å²) in [6.07, 6.45) is 0.635. The number of carbonyl (C=O) groups excluding carboxylic acids is 1. The zero-order chi connectivity index (χ0) is 23.9. The zero-order valence-corrected chi connectivity index (χ0v) is 21.3. The minimum atomic E-state index is -0.347. The molecule has 4 aromatic rings. The molecule has 0 bridgehead atoms. The summed E-state index contributed by atoms with van der Waals surface area (Å²) in [4.78, 5) is 14.2. The largest absolute Gasteiger partial charge is 0.324 e. The van der Waals surface area contributed by atoms with Gasteiger partial charge in [0.05, 0.1) is 21.7 Å². The van der Waals surface area contributed by atoms with E-state index in [0.717, 1.165) is 11.5 Å². The average molecular weight is 509 g/mol. The fraction of sp³-hybridized carbons (Fsp3) is 0.192. The fourth-order valence-corrected chi connectivity index (χ4v) is 5.30. The number of nitrogens with zero attached hydrogens (tertiary/aromatic N) is 3. The Labute approximate surface area is 213 Å². The number of benzene rings is 3. The molecule has 1 heterocycles. The van der Waals surface area contributed by atoms with Crippen LogP contribution in [-0.2, 0) is 10.5 Å². The van der Waals surface area contributed by atoms with E-state index in [9.17, 15) is 4.79 Å². The number of rotatable bonds is 9. The Bertz CT molecular complexity index is 1250. The Morgan fingerprint density at radius 3 is 2.41 bits per heavy atom. The molecular weight excluding hydrogens is 484 g/mol. The van der Waals surface area contributed by atoms with E-state index in [0.29, 0.717) is 28.0 Å². The Balaban J connectivity index is 1.57. The fourth-order valence-electron chi connectivity index (χ4n) is 3.31. The molecule has 174 valence electrons. The molecule has 1 unspecified atom stereocenters. The van der Waals surface area contributed by atoms with Crippen LogP contribution in [0.1, 0.15) is 24.7 Å². The number of anilines is 1. The third-order valence-electron chi connectivity index (χ3n) is 5.15. The standard InChI is InChI=1S/C26H25ClN4OS2/c1-3-23(25(32)28-22-12-8-7-11-21(22)27)34-26-30-29-24(31(26)19-9-5-4-6-10-19)17-33-20-15-13-18(2)14-16-20/h4-16,23H,3,17H2,1-2H3,(H,28,32). The van der Waals surface area contributed by atoms with E-state index in [1.165, 1.54) is 22.2 Å². The van der Waals surface area contributed by atoms with Crippen LogP contribution in [0.5, 0.6) is 0 Å². The van der Waals surface area contributed by atoms with Crippen molar-refractivity contribution in [2.24, 2.45) is 0 Å². The van der Waals surface area contributed by atoms with E-state index < -0.39 is 0 Å². The van der Waals surface area contributed by atoms with Crippen LogP contribution in [0.2, 0.25) is 5.02 Å². The van der Waals surface area contributed by atoms with E-state index in [1.54, 1.807) is 23.9 Å². The number of nitrogens with one attached hydrogen (secondary N) is 1. The molecule has 0 saturated heterocycles. The molecular formula is C26H25ClN4OS2. The number of para-hydroxylation sites is 2. The summed E-state index contributed by atoms with van der Waals surface area (Å²) in [5, 5.41) is 12.8. The molecule has 0 aliphatic carbocycles. The van der Waals surface area contributed by atoms with Crippen molar-refractivity contribution in [1.29, 1.82) is 0 Å². The lowest BCUT2D eigenvalue weighted by Crippen LogP contribution is -2.25. The number of amides is 1. The van der Waals surface area contributed by atoms with Crippen LogP contribution in [0.25, 0.3) is 5.69 Å². The van der Waals surface area contributed by atoms with Crippen LogP contribution >= 0.6 is 35.1 Å². The summed E-state index contributed by atoms with van der Waals surface area (Å²) < 4.78 is 2.04. The van der Waals surface area contributed by atoms with E-state index >= 15 is 0 Å². The maximum atomic E-state index is 13.0. The molecule has 5 nitrogen and oxygen atoms in total. The number of thioether (sulfide) groups is 2. The molecule has 0 spiro atoms. The molecule has 0 radical (unpaired) electrons. The summed E-state index contributed by atoms with van der Waals surface area (Å²) >= 11 is 9.35. The van der Waals surface area contributed by atoms with Gasteiger partial charge in [0.1, 0.15) is 5.82 Å². The summed E-state index contributed by atoms with van der Waals surface area (Å²) in [5.74, 6) is 1.38. The molecule has 0 saturated carbocycles. The van der Waals surface area contributed by atoms with Crippen molar-refractivity contribution >= 4 is 46.7 Å². The summed E-state index contributed by atoms with van der Waals surface area (Å²) in [5.41, 5.74) is 2.81. The van der Waals surface area contributed by atoms with Gasteiger partial charge in [0.2, 0.25) is 5.91 Å². The van der Waals surface area contributed by atoms with Gasteiger partial charge in [-0.3, -0.25) is 9.36 Å². The molecule has 8 heteroatoms. The second-order valence-electron chi connectivity index (χ2n) is 7.66. The summed E-state index contributed by atoms with van der Waals surface area (Å²) in [7, 11) is 0. The van der Waals surface area contributed by atoms with E-state index in [1.807, 2.05) is 54.0 Å². The topological polar surface area (TPSA) is 59.8 Å². The van der Waals surface area contributed by atoms with E-state index in [4.69, 9.17) is 11.6 Å². The van der Waals surface area contributed by atoms with Gasteiger partial charge in [-0.15, -0.1) is 22.0 Å². The van der Waals surface area contributed by atoms with Gasteiger partial charge in [0, 0.05) is 10.6 Å². The number of hydrogen-bond acceptors (Lipinski definition) is 5. The predicted octanol–water partition coefficient (Wildman–Crippen LogP) is 7.03. The van der Waals surface area contributed by atoms with Crippen molar-refractivity contribution < 1.29 is 4.79 Å². The lowest BCUT2D eigenvalue weighted by atomic mass is 10.2. The third-order valence-corrected chi connectivity index (χ3v) is 7.79. The highest BCUT2D eigenvalue weighted by atomic mass is 35.5. The van der Waals surface area contributed by atoms with Gasteiger partial charge in [-0.1, -0.05) is 78.3 Å². The molecule has 1 N–H and O–H groups in total. The van der Waals surface area contributed by atoms with Crippen LogP contribution in [0.4, 0.5) is 5.69 Å². The van der Waals surface area contributed by atoms with Crippen LogP contribution < -0.4 is 5.32 Å². The first-order chi connectivity index (χ1) is 16.5. The molecule has 0 aliphatic heterocycles. The van der Waals surface area contributed by atoms with Crippen molar-refractivity contribution in [3.8, 4) is 5.69 Å². The van der Waals surface area contributed by atoms with Gasteiger partial charge in [0.25, 0.3) is 0 Å². The molecule has 0 aliphatic rings. The van der Waals surface area contributed by atoms with Crippen molar-refractivity contribution in [2.75, 3.05) is 5.32 Å². The van der Waals surface area contributed by atoms with E-state index in [2.05, 4.69) is 46.7 Å². The van der Waals surface area contributed by atoms with Crippen molar-refractivity contribution in [1.82, 2.24) is 14.8 Å². The number of carbonyl (C=O) groups is 1. The summed E-state index contributed by atoms with van der Waals surface area (Å²) in [6.45, 7) is 4.07. The van der Waals surface area contributed by atoms with Gasteiger partial charge in [0.15, 0.2) is 5.16 Å². The van der Waals surface area contributed by atoms with Gasteiger partial charge >= 0.3 is 0 Å². The Hall–Kier alpha value is -2.74. The average Bonchev–Trinajstić information content (AvgIpc) is 3.26. The second kappa shape index (κ2) is 11.6. The van der Waals surface area contributed by atoms with E-state index in [-0.39, 0.29) is 11.2 Å². The molecule has 1 atom stereocenters. The van der Waals surface area contributed by atoms with Crippen LogP contribution in [0.3, 0.4) is 0 Å². The number of hydrogen-bond donors (Lipinski definition) is 1. The van der Waals surface area contributed by atoms with Gasteiger partial charge in [-0.2, -0.15) is 0 Å². The predicted molar refractivity (Wildman–Crippen MR) is 142 cm³/mol. The van der Waals surface area contributed by atoms with Gasteiger partial charge in [-0.25, -0.2) is 0 Å². The van der Waals surface area contributed by atoms with Gasteiger partial charge in [-0.05, 0) is 49.7 Å². The smallest absolute Gasteiger partial charge is 0.238 e. The first-order valence-corrected chi connectivity index (χ1v) is 13.2. The molecule has 3 aromatic carbocycles. The number of aryl methyl sites for hydroxylation is 1. The highest BCUT2D eigenvalue weighted by molar-refractivity contribution is 8.00. The Kier molecular flexibility index (Phi) is 8.32. The monoisotopic (exact) mass is 508 g/mol. The van der Waals surface area contributed by atoms with Crippen LogP contribution in [0, 0.1) is 6.92 Å². The Morgan fingerprint density at radius 1 is 1.00 bits per heavy atom. The highest BCUT2D eigenvalue weighted by Crippen LogP contribution is 2.31. The quantitative estimate of drug-likeness (QED) is 0.246. The Morgan fingerprint density at radius 2 is 1.71 bits per heavy atom. The van der Waals surface area contributed by atoms with Crippen molar-refractivity contribution in [3.63, 3.8) is 0 Å². The lowest BCUT2D eigenvalue weighted by molar-refractivity contribution is -0.115. The van der Waals surface area contributed by atoms with Gasteiger partial charge < -0.3 is 5.32 Å². The zero-order valence-electron chi connectivity index (χ0n) is 18.9. The highest BCUT2D eigenvalue weighted by Gasteiger charge is 2.24. The number of halogens is 1. The van der Waals surface area contributed by atoms with Crippen molar-refractivity contribution in [2.45, 2.75) is 41.3 Å². The minimum absolute atomic E-state index is 0.112. The first-order valence-electron chi connectivity index (χ1n) is 11.0. The molecule has 4 rings (SSSR count). The first kappa shape index (κ1) is 24.4.